The van der Waals surface area contributed by atoms with Crippen LogP contribution in [0.3, 0.4) is 0 Å². The monoisotopic (exact) mass is 277 g/mol. The zero-order valence-corrected chi connectivity index (χ0v) is 13.0. The average molecular weight is 277 g/mol. The molecule has 20 heavy (non-hydrogen) atoms. The van der Waals surface area contributed by atoms with E-state index in [0.717, 1.165) is 18.4 Å². The van der Waals surface area contributed by atoms with Crippen LogP contribution in [-0.2, 0) is 11.2 Å². The number of carbonyl (C=O) groups is 1. The Hall–Kier alpha value is -1.35. The molecule has 1 rings (SSSR count). The first-order valence-corrected chi connectivity index (χ1v) is 7.51. The molecule has 1 aromatic carbocycles. The lowest BCUT2D eigenvalue weighted by molar-refractivity contribution is -0.140. The Balaban J connectivity index is 2.68. The van der Waals surface area contributed by atoms with Crippen molar-refractivity contribution < 1.29 is 9.90 Å². The summed E-state index contributed by atoms with van der Waals surface area (Å²) in [7, 11) is 0. The number of aliphatic carboxylic acids is 1. The highest BCUT2D eigenvalue weighted by Crippen LogP contribution is 2.17. The van der Waals surface area contributed by atoms with Crippen molar-refractivity contribution in [3.05, 3.63) is 35.4 Å². The van der Waals surface area contributed by atoms with E-state index in [1.54, 1.807) is 0 Å². The minimum atomic E-state index is -0.770. The minimum absolute atomic E-state index is 0.0468. The second kappa shape index (κ2) is 8.05. The molecule has 2 atom stereocenters. The molecule has 2 N–H and O–H groups in total. The molecule has 0 bridgehead atoms. The summed E-state index contributed by atoms with van der Waals surface area (Å²) in [6, 6.07) is 8.02. The maximum Gasteiger partial charge on any atom is 0.320 e. The normalized spacial score (nSPS) is 14.2. The van der Waals surface area contributed by atoms with Gasteiger partial charge >= 0.3 is 5.97 Å². The van der Waals surface area contributed by atoms with Crippen LogP contribution in [0.15, 0.2) is 24.3 Å². The molecule has 1 aromatic rings. The van der Waals surface area contributed by atoms with Gasteiger partial charge < -0.3 is 5.11 Å². The fourth-order valence-electron chi connectivity index (χ4n) is 2.37. The number of benzene rings is 1. The number of hydrogen-bond acceptors (Lipinski definition) is 2. The van der Waals surface area contributed by atoms with Crippen molar-refractivity contribution in [2.45, 2.75) is 59.0 Å². The Bertz CT molecular complexity index is 412. The van der Waals surface area contributed by atoms with Crippen LogP contribution in [0, 0.1) is 5.92 Å². The van der Waals surface area contributed by atoms with E-state index in [9.17, 15) is 9.90 Å². The van der Waals surface area contributed by atoms with Crippen LogP contribution in [0.25, 0.3) is 0 Å². The maximum absolute atomic E-state index is 11.3. The summed E-state index contributed by atoms with van der Waals surface area (Å²) in [5, 5.41) is 12.5. The van der Waals surface area contributed by atoms with E-state index in [2.05, 4.69) is 36.5 Å². The molecule has 3 nitrogen and oxygen atoms in total. The molecule has 112 valence electrons. The van der Waals surface area contributed by atoms with E-state index in [-0.39, 0.29) is 6.04 Å². The first-order valence-electron chi connectivity index (χ1n) is 7.51. The van der Waals surface area contributed by atoms with E-state index in [1.807, 2.05) is 20.8 Å². The molecule has 0 radical (unpaired) electrons. The lowest BCUT2D eigenvalue weighted by Gasteiger charge is -2.22. The third-order valence-electron chi connectivity index (χ3n) is 3.47. The first-order chi connectivity index (χ1) is 9.43. The molecular formula is C17H27NO2. The van der Waals surface area contributed by atoms with Gasteiger partial charge in [0.2, 0.25) is 0 Å². The molecule has 0 amide bonds. The van der Waals surface area contributed by atoms with Crippen molar-refractivity contribution >= 4 is 5.97 Å². The molecule has 2 unspecified atom stereocenters. The molecule has 0 aliphatic rings. The zero-order valence-electron chi connectivity index (χ0n) is 13.0. The highest BCUT2D eigenvalue weighted by Gasteiger charge is 2.21. The Morgan fingerprint density at radius 2 is 1.80 bits per heavy atom. The van der Waals surface area contributed by atoms with E-state index in [1.165, 1.54) is 5.56 Å². The molecular weight excluding hydrogens is 250 g/mol. The predicted octanol–water partition coefficient (Wildman–Crippen LogP) is 3.79. The number of rotatable bonds is 8. The largest absolute Gasteiger partial charge is 0.480 e. The second-order valence-electron chi connectivity index (χ2n) is 5.90. The van der Waals surface area contributed by atoms with Crippen molar-refractivity contribution in [3.8, 4) is 0 Å². The van der Waals surface area contributed by atoms with E-state index in [4.69, 9.17) is 0 Å². The highest BCUT2D eigenvalue weighted by molar-refractivity contribution is 5.73. The molecule has 0 aliphatic heterocycles. The Morgan fingerprint density at radius 3 is 2.25 bits per heavy atom. The third-order valence-corrected chi connectivity index (χ3v) is 3.47. The standard InChI is InChI=1S/C17H27NO2/c1-5-6-14-7-9-15(10-8-14)13(4)18-16(17(19)20)11-12(2)3/h7-10,12-13,16,18H,5-6,11H2,1-4H3,(H,19,20). The minimum Gasteiger partial charge on any atom is -0.480 e. The predicted molar refractivity (Wildman–Crippen MR) is 82.9 cm³/mol. The van der Waals surface area contributed by atoms with E-state index in [0.29, 0.717) is 12.3 Å². The Kier molecular flexibility index (Phi) is 6.73. The summed E-state index contributed by atoms with van der Waals surface area (Å²) in [5.41, 5.74) is 2.47. The maximum atomic E-state index is 11.3. The number of carboxylic acid groups (broad SMARTS) is 1. The summed E-state index contributed by atoms with van der Waals surface area (Å²) < 4.78 is 0. The van der Waals surface area contributed by atoms with Gasteiger partial charge in [-0.25, -0.2) is 0 Å². The Labute approximate surface area is 122 Å². The van der Waals surface area contributed by atoms with Gasteiger partial charge in [-0.05, 0) is 36.8 Å². The van der Waals surface area contributed by atoms with Gasteiger partial charge in [0, 0.05) is 6.04 Å². The molecule has 0 fully saturated rings. The van der Waals surface area contributed by atoms with Crippen molar-refractivity contribution in [3.63, 3.8) is 0 Å². The summed E-state index contributed by atoms with van der Waals surface area (Å²) in [4.78, 5) is 11.3. The number of carboxylic acids is 1. The van der Waals surface area contributed by atoms with Gasteiger partial charge in [0.1, 0.15) is 6.04 Å². The summed E-state index contributed by atoms with van der Waals surface area (Å²) in [5.74, 6) is -0.407. The first kappa shape index (κ1) is 16.7. The highest BCUT2D eigenvalue weighted by atomic mass is 16.4. The van der Waals surface area contributed by atoms with E-state index >= 15 is 0 Å². The van der Waals surface area contributed by atoms with Gasteiger partial charge in [-0.1, -0.05) is 51.5 Å². The smallest absolute Gasteiger partial charge is 0.320 e. The van der Waals surface area contributed by atoms with Crippen LogP contribution >= 0.6 is 0 Å². The van der Waals surface area contributed by atoms with Gasteiger partial charge in [-0.3, -0.25) is 10.1 Å². The van der Waals surface area contributed by atoms with Crippen molar-refractivity contribution in [2.75, 3.05) is 0 Å². The molecule has 0 aliphatic carbocycles. The molecule has 3 heteroatoms. The van der Waals surface area contributed by atoms with E-state index < -0.39 is 12.0 Å². The second-order valence-corrected chi connectivity index (χ2v) is 5.90. The van der Waals surface area contributed by atoms with Crippen molar-refractivity contribution in [1.82, 2.24) is 5.32 Å². The third kappa shape index (κ3) is 5.33. The van der Waals surface area contributed by atoms with Crippen molar-refractivity contribution in [2.24, 2.45) is 5.92 Å². The quantitative estimate of drug-likeness (QED) is 0.760. The summed E-state index contributed by atoms with van der Waals surface area (Å²) in [6.07, 6.45) is 2.88. The average Bonchev–Trinajstić information content (AvgIpc) is 2.38. The van der Waals surface area contributed by atoms with Gasteiger partial charge in [0.05, 0.1) is 0 Å². The van der Waals surface area contributed by atoms with Gasteiger partial charge in [0.15, 0.2) is 0 Å². The Morgan fingerprint density at radius 1 is 1.20 bits per heavy atom. The number of aryl methyl sites for hydroxylation is 1. The fraction of sp³-hybridized carbons (Fsp3) is 0.588. The molecule has 0 aromatic heterocycles. The number of nitrogens with one attached hydrogen (secondary N) is 1. The van der Waals surface area contributed by atoms with Crippen LogP contribution in [-0.4, -0.2) is 17.1 Å². The zero-order chi connectivity index (χ0) is 15.1. The van der Waals surface area contributed by atoms with Gasteiger partial charge in [0.25, 0.3) is 0 Å². The van der Waals surface area contributed by atoms with Crippen molar-refractivity contribution in [1.29, 1.82) is 0 Å². The fourth-order valence-corrected chi connectivity index (χ4v) is 2.37. The number of hydrogen-bond donors (Lipinski definition) is 2. The molecule has 0 saturated carbocycles. The van der Waals surface area contributed by atoms with Crippen LogP contribution in [0.2, 0.25) is 0 Å². The van der Waals surface area contributed by atoms with Gasteiger partial charge in [-0.2, -0.15) is 0 Å². The van der Waals surface area contributed by atoms with Crippen LogP contribution < -0.4 is 5.32 Å². The lowest BCUT2D eigenvalue weighted by Crippen LogP contribution is -2.39. The lowest BCUT2D eigenvalue weighted by atomic mass is 10.00. The van der Waals surface area contributed by atoms with Crippen LogP contribution in [0.4, 0.5) is 0 Å². The summed E-state index contributed by atoms with van der Waals surface area (Å²) >= 11 is 0. The topological polar surface area (TPSA) is 49.3 Å². The van der Waals surface area contributed by atoms with Gasteiger partial charge in [-0.15, -0.1) is 0 Å². The molecule has 0 heterocycles. The SMILES string of the molecule is CCCc1ccc(C(C)NC(CC(C)C)C(=O)O)cc1. The molecule has 0 spiro atoms. The summed E-state index contributed by atoms with van der Waals surface area (Å²) in [6.45, 7) is 8.27. The van der Waals surface area contributed by atoms with Crippen LogP contribution in [0.1, 0.15) is 57.7 Å². The molecule has 0 saturated heterocycles. The van der Waals surface area contributed by atoms with Crippen LogP contribution in [0.5, 0.6) is 0 Å².